The van der Waals surface area contributed by atoms with E-state index in [0.717, 1.165) is 0 Å². The van der Waals surface area contributed by atoms with Gasteiger partial charge in [0.2, 0.25) is 0 Å². The quantitative estimate of drug-likeness (QED) is 0.467. The van der Waals surface area contributed by atoms with Crippen molar-refractivity contribution in [2.75, 3.05) is 13.2 Å². The second-order valence-electron chi connectivity index (χ2n) is 7.37. The predicted octanol–water partition coefficient (Wildman–Crippen LogP) is 3.44. The van der Waals surface area contributed by atoms with E-state index in [4.69, 9.17) is 53.5 Å². The highest BCUT2D eigenvalue weighted by atomic mass is 35.6. The molecule has 0 aliphatic carbocycles. The van der Waals surface area contributed by atoms with Crippen LogP contribution in [0.2, 0.25) is 0 Å². The van der Waals surface area contributed by atoms with E-state index in [-0.39, 0.29) is 13.2 Å². The highest BCUT2D eigenvalue weighted by Gasteiger charge is 2.52. The van der Waals surface area contributed by atoms with Crippen molar-refractivity contribution in [1.29, 1.82) is 0 Å². The molecule has 2 heterocycles. The molecule has 2 aliphatic heterocycles. The minimum absolute atomic E-state index is 0.0751. The number of ether oxygens (including phenoxy) is 3. The summed E-state index contributed by atoms with van der Waals surface area (Å²) in [5, 5.41) is 2.40. The highest BCUT2D eigenvalue weighted by molar-refractivity contribution is 7.53. The number of nitrogens with one attached hydrogen (secondary N) is 1. The molecule has 4 atom stereocenters. The molecule has 0 aromatic rings. The number of rotatable bonds is 4. The van der Waals surface area contributed by atoms with E-state index in [2.05, 4.69) is 5.32 Å². The first-order chi connectivity index (χ1) is 13.0. The maximum absolute atomic E-state index is 12.6. The summed E-state index contributed by atoms with van der Waals surface area (Å²) < 4.78 is 57.5. The zero-order valence-corrected chi connectivity index (χ0v) is 18.8. The van der Waals surface area contributed by atoms with E-state index in [1.54, 1.807) is 20.8 Å². The monoisotopic (exact) mass is 503 g/mol. The molecule has 3 unspecified atom stereocenters. The van der Waals surface area contributed by atoms with Crippen LogP contribution >= 0.6 is 43.6 Å². The molecule has 2 aliphatic rings. The SMILES string of the molecule is C[C@H]1CC2(COC(C)(C)OC2)OC(OPC(=O)C(F)(F)F)C1NC(=O)C(Cl)(Cl)Cl. The molecule has 2 saturated heterocycles. The van der Waals surface area contributed by atoms with Crippen molar-refractivity contribution in [2.24, 2.45) is 5.92 Å². The van der Waals surface area contributed by atoms with Crippen molar-refractivity contribution in [3.05, 3.63) is 0 Å². The molecule has 14 heteroatoms. The van der Waals surface area contributed by atoms with Crippen LogP contribution in [0.1, 0.15) is 27.2 Å². The minimum atomic E-state index is -5.06. The molecule has 29 heavy (non-hydrogen) atoms. The van der Waals surface area contributed by atoms with Crippen LogP contribution in [-0.2, 0) is 28.3 Å². The lowest BCUT2D eigenvalue weighted by Gasteiger charge is -2.51. The molecule has 168 valence electrons. The lowest BCUT2D eigenvalue weighted by atomic mass is 9.83. The third-order valence-electron chi connectivity index (χ3n) is 4.41. The van der Waals surface area contributed by atoms with Crippen molar-refractivity contribution in [1.82, 2.24) is 5.32 Å². The van der Waals surface area contributed by atoms with Crippen molar-refractivity contribution in [3.8, 4) is 0 Å². The van der Waals surface area contributed by atoms with Crippen LogP contribution in [0.4, 0.5) is 13.2 Å². The fraction of sp³-hybridized carbons (Fsp3) is 0.867. The van der Waals surface area contributed by atoms with Gasteiger partial charge in [-0.25, -0.2) is 0 Å². The van der Waals surface area contributed by atoms with Gasteiger partial charge in [-0.15, -0.1) is 0 Å². The lowest BCUT2D eigenvalue weighted by Crippen LogP contribution is -2.64. The second kappa shape index (κ2) is 8.90. The van der Waals surface area contributed by atoms with Gasteiger partial charge in [-0.1, -0.05) is 41.7 Å². The highest BCUT2D eigenvalue weighted by Crippen LogP contribution is 2.41. The van der Waals surface area contributed by atoms with E-state index < -0.39 is 59.8 Å². The smallest absolute Gasteiger partial charge is 0.347 e. The molecule has 0 aromatic carbocycles. The number of carbonyl (C=O) groups excluding carboxylic acids is 2. The summed E-state index contributed by atoms with van der Waals surface area (Å²) in [5.41, 5.74) is -3.11. The van der Waals surface area contributed by atoms with E-state index in [0.29, 0.717) is 6.42 Å². The number of hydrogen-bond acceptors (Lipinski definition) is 6. The van der Waals surface area contributed by atoms with Crippen molar-refractivity contribution >= 4 is 55.0 Å². The summed E-state index contributed by atoms with van der Waals surface area (Å²) in [7, 11) is -1.59. The zero-order valence-electron chi connectivity index (χ0n) is 15.6. The molecule has 0 bridgehead atoms. The summed E-state index contributed by atoms with van der Waals surface area (Å²) in [6.45, 7) is 5.26. The molecular weight excluding hydrogens is 484 g/mol. The fourth-order valence-electron chi connectivity index (χ4n) is 2.94. The zero-order chi connectivity index (χ0) is 22.3. The van der Waals surface area contributed by atoms with Gasteiger partial charge in [0.05, 0.1) is 28.1 Å². The normalized spacial score (nSPS) is 29.9. The van der Waals surface area contributed by atoms with Gasteiger partial charge < -0.3 is 24.1 Å². The molecule has 2 fully saturated rings. The van der Waals surface area contributed by atoms with Crippen LogP contribution in [0, 0.1) is 5.92 Å². The van der Waals surface area contributed by atoms with Crippen LogP contribution in [0.5, 0.6) is 0 Å². The summed E-state index contributed by atoms with van der Waals surface area (Å²) in [6.07, 6.45) is -6.18. The molecule has 1 N–H and O–H groups in total. The van der Waals surface area contributed by atoms with Crippen LogP contribution in [0.25, 0.3) is 0 Å². The van der Waals surface area contributed by atoms with Gasteiger partial charge in [0.1, 0.15) is 5.60 Å². The predicted molar refractivity (Wildman–Crippen MR) is 100 cm³/mol. The summed E-state index contributed by atoms with van der Waals surface area (Å²) in [6, 6.07) is -0.979. The number of amides is 1. The third kappa shape index (κ3) is 6.77. The van der Waals surface area contributed by atoms with E-state index in [9.17, 15) is 22.8 Å². The van der Waals surface area contributed by atoms with Crippen LogP contribution in [0.15, 0.2) is 0 Å². The number of alkyl halides is 6. The van der Waals surface area contributed by atoms with E-state index in [1.807, 2.05) is 0 Å². The van der Waals surface area contributed by atoms with Crippen LogP contribution in [-0.4, -0.2) is 58.3 Å². The maximum Gasteiger partial charge on any atom is 0.456 e. The van der Waals surface area contributed by atoms with Gasteiger partial charge in [-0.3, -0.25) is 9.59 Å². The Morgan fingerprint density at radius 3 is 2.21 bits per heavy atom. The van der Waals surface area contributed by atoms with Gasteiger partial charge in [0.15, 0.2) is 12.1 Å². The average Bonchev–Trinajstić information content (AvgIpc) is 2.56. The number of halogens is 6. The van der Waals surface area contributed by atoms with Crippen LogP contribution in [0.3, 0.4) is 0 Å². The standard InChI is InChI=1S/C15H20Cl3F3NO6P/c1-7-4-13(5-25-12(2,3)26-6-13)27-9(28-29-11(24)15(19,20)21)8(7)22-10(23)14(16,17)18/h7-9,29H,4-6H2,1-3H3,(H,22,23)/t7-,8?,9?/m0/s1. The van der Waals surface area contributed by atoms with Crippen molar-refractivity contribution in [2.45, 2.75) is 60.9 Å². The molecule has 7 nitrogen and oxygen atoms in total. The van der Waals surface area contributed by atoms with Crippen LogP contribution < -0.4 is 5.32 Å². The Kier molecular flexibility index (Phi) is 7.78. The van der Waals surface area contributed by atoms with Crippen molar-refractivity contribution < 1.29 is 41.5 Å². The topological polar surface area (TPSA) is 83.1 Å². The summed E-state index contributed by atoms with van der Waals surface area (Å²) in [4.78, 5) is 23.3. The van der Waals surface area contributed by atoms with Gasteiger partial charge in [-0.2, -0.15) is 13.2 Å². The van der Waals surface area contributed by atoms with Gasteiger partial charge >= 0.3 is 6.18 Å². The Hall–Kier alpha value is 0.0700. The summed E-state index contributed by atoms with van der Waals surface area (Å²) in [5.74, 6) is -2.26. The third-order valence-corrected chi connectivity index (χ3v) is 5.75. The lowest BCUT2D eigenvalue weighted by molar-refractivity contribution is -0.345. The first-order valence-corrected chi connectivity index (χ1v) is 10.5. The summed E-state index contributed by atoms with van der Waals surface area (Å²) >= 11 is 16.7. The van der Waals surface area contributed by atoms with Gasteiger partial charge in [-0.05, 0) is 26.2 Å². The van der Waals surface area contributed by atoms with E-state index in [1.165, 1.54) is 0 Å². The van der Waals surface area contributed by atoms with E-state index >= 15 is 0 Å². The Morgan fingerprint density at radius 1 is 1.17 bits per heavy atom. The minimum Gasteiger partial charge on any atom is -0.347 e. The molecule has 0 aromatic heterocycles. The Morgan fingerprint density at radius 2 is 1.72 bits per heavy atom. The number of carbonyl (C=O) groups is 2. The van der Waals surface area contributed by atoms with Gasteiger partial charge in [0, 0.05) is 0 Å². The Labute approximate surface area is 182 Å². The average molecular weight is 505 g/mol. The molecule has 0 saturated carbocycles. The molecule has 1 spiro atoms. The largest absolute Gasteiger partial charge is 0.456 e. The maximum atomic E-state index is 12.6. The fourth-order valence-corrected chi connectivity index (χ4v) is 3.64. The first-order valence-electron chi connectivity index (χ1n) is 8.41. The van der Waals surface area contributed by atoms with Crippen molar-refractivity contribution in [3.63, 3.8) is 0 Å². The first kappa shape index (κ1) is 25.3. The molecule has 1 amide bonds. The second-order valence-corrected chi connectivity index (χ2v) is 10.5. The Balaban J connectivity index is 2.19. The molecule has 2 rings (SSSR count). The Bertz CT molecular complexity index is 636. The number of hydrogen-bond donors (Lipinski definition) is 1. The van der Waals surface area contributed by atoms with Gasteiger partial charge in [0.25, 0.3) is 15.2 Å². The molecule has 0 radical (unpaired) electrons. The molecular formula is C15H20Cl3F3NO6P.